The van der Waals surface area contributed by atoms with Gasteiger partial charge < -0.3 is 20.2 Å². The van der Waals surface area contributed by atoms with Crippen LogP contribution in [-0.4, -0.2) is 48.3 Å². The van der Waals surface area contributed by atoms with Gasteiger partial charge in [0.15, 0.2) is 0 Å². The van der Waals surface area contributed by atoms with E-state index in [9.17, 15) is 14.3 Å². The number of aliphatic hydroxyl groups excluding tert-OH is 1. The Morgan fingerprint density at radius 3 is 2.75 bits per heavy atom. The molecular weight excluding hydrogens is 309 g/mol. The van der Waals surface area contributed by atoms with E-state index < -0.39 is 0 Å². The lowest BCUT2D eigenvalue weighted by Crippen LogP contribution is -2.42. The van der Waals surface area contributed by atoms with Crippen LogP contribution < -0.4 is 10.2 Å². The second-order valence-electron chi connectivity index (χ2n) is 6.85. The summed E-state index contributed by atoms with van der Waals surface area (Å²) in [5.41, 5.74) is 1.38. The molecule has 0 unspecified atom stereocenters. The van der Waals surface area contributed by atoms with Gasteiger partial charge in [0.2, 0.25) is 0 Å². The van der Waals surface area contributed by atoms with Crippen LogP contribution in [0.1, 0.15) is 32.6 Å². The van der Waals surface area contributed by atoms with E-state index in [0.29, 0.717) is 12.2 Å². The van der Waals surface area contributed by atoms with Gasteiger partial charge in [0.1, 0.15) is 5.82 Å². The Bertz CT molecular complexity index is 590. The van der Waals surface area contributed by atoms with Crippen LogP contribution in [0.3, 0.4) is 0 Å². The third kappa shape index (κ3) is 3.48. The molecule has 0 radical (unpaired) electrons. The van der Waals surface area contributed by atoms with Crippen molar-refractivity contribution in [1.82, 2.24) is 4.90 Å². The fourth-order valence-corrected chi connectivity index (χ4v) is 3.74. The summed E-state index contributed by atoms with van der Waals surface area (Å²) < 4.78 is 13.7. The summed E-state index contributed by atoms with van der Waals surface area (Å²) in [7, 11) is 0. The van der Waals surface area contributed by atoms with Gasteiger partial charge >= 0.3 is 6.03 Å². The Kier molecular flexibility index (Phi) is 5.23. The number of anilines is 2. The van der Waals surface area contributed by atoms with Gasteiger partial charge in [0.25, 0.3) is 0 Å². The van der Waals surface area contributed by atoms with Crippen molar-refractivity contribution in [3.05, 3.63) is 24.0 Å². The van der Waals surface area contributed by atoms with E-state index in [1.165, 1.54) is 18.6 Å². The maximum Gasteiger partial charge on any atom is 0.322 e. The fourth-order valence-electron chi connectivity index (χ4n) is 3.74. The van der Waals surface area contributed by atoms with E-state index in [4.69, 9.17) is 0 Å². The predicted molar refractivity (Wildman–Crippen MR) is 92.8 cm³/mol. The molecule has 2 heterocycles. The topological polar surface area (TPSA) is 55.8 Å². The van der Waals surface area contributed by atoms with Gasteiger partial charge in [-0.25, -0.2) is 9.18 Å². The minimum atomic E-state index is -0.362. The molecule has 0 aromatic heterocycles. The molecule has 1 aromatic carbocycles. The summed E-state index contributed by atoms with van der Waals surface area (Å²) in [5, 5.41) is 12.4. The average molecular weight is 335 g/mol. The fraction of sp³-hybridized carbons (Fsp3) is 0.611. The number of carbonyl (C=O) groups excluding carboxylic acids is 1. The van der Waals surface area contributed by atoms with Crippen molar-refractivity contribution in [2.75, 3.05) is 36.5 Å². The number of aliphatic hydroxyl groups is 1. The van der Waals surface area contributed by atoms with Gasteiger partial charge in [0, 0.05) is 19.6 Å². The number of amides is 2. The van der Waals surface area contributed by atoms with Crippen LogP contribution in [0.2, 0.25) is 0 Å². The molecule has 0 bridgehead atoms. The highest BCUT2D eigenvalue weighted by Gasteiger charge is 2.34. The van der Waals surface area contributed by atoms with Gasteiger partial charge in [-0.3, -0.25) is 0 Å². The number of benzene rings is 1. The van der Waals surface area contributed by atoms with Gasteiger partial charge in [-0.15, -0.1) is 0 Å². The second kappa shape index (κ2) is 7.38. The molecule has 3 rings (SSSR count). The van der Waals surface area contributed by atoms with Crippen molar-refractivity contribution < 1.29 is 14.3 Å². The number of halogens is 1. The van der Waals surface area contributed by atoms with Crippen LogP contribution in [0.4, 0.5) is 20.6 Å². The zero-order valence-electron chi connectivity index (χ0n) is 14.2. The minimum Gasteiger partial charge on any atom is -0.394 e. The molecule has 6 heteroatoms. The van der Waals surface area contributed by atoms with Crippen molar-refractivity contribution in [1.29, 1.82) is 0 Å². The van der Waals surface area contributed by atoms with E-state index in [0.717, 1.165) is 38.0 Å². The van der Waals surface area contributed by atoms with Crippen molar-refractivity contribution in [2.24, 2.45) is 5.92 Å². The zero-order valence-corrected chi connectivity index (χ0v) is 14.2. The van der Waals surface area contributed by atoms with E-state index in [2.05, 4.69) is 10.2 Å². The molecule has 0 aliphatic carbocycles. The number of carbonyl (C=O) groups is 1. The van der Waals surface area contributed by atoms with Gasteiger partial charge in [0.05, 0.1) is 24.0 Å². The van der Waals surface area contributed by atoms with Crippen LogP contribution in [0.15, 0.2) is 18.2 Å². The Hall–Kier alpha value is -1.82. The number of piperidine rings is 1. The molecule has 2 saturated heterocycles. The Morgan fingerprint density at radius 2 is 2.04 bits per heavy atom. The summed E-state index contributed by atoms with van der Waals surface area (Å²) >= 11 is 0. The van der Waals surface area contributed by atoms with Crippen molar-refractivity contribution in [2.45, 2.75) is 38.6 Å². The molecule has 2 aliphatic heterocycles. The quantitative estimate of drug-likeness (QED) is 0.893. The lowest BCUT2D eigenvalue weighted by molar-refractivity contribution is 0.152. The lowest BCUT2D eigenvalue weighted by atomic mass is 10.0. The number of rotatable bonds is 3. The van der Waals surface area contributed by atoms with Crippen LogP contribution in [0.5, 0.6) is 0 Å². The highest BCUT2D eigenvalue weighted by molar-refractivity contribution is 5.93. The van der Waals surface area contributed by atoms with Crippen LogP contribution in [0, 0.1) is 11.7 Å². The van der Waals surface area contributed by atoms with E-state index >= 15 is 0 Å². The maximum atomic E-state index is 13.7. The molecule has 0 saturated carbocycles. The first-order chi connectivity index (χ1) is 11.6. The molecule has 2 N–H and O–H groups in total. The highest BCUT2D eigenvalue weighted by atomic mass is 19.1. The number of likely N-dealkylation sites (tertiary alicyclic amines) is 1. The Morgan fingerprint density at radius 1 is 1.29 bits per heavy atom. The largest absolute Gasteiger partial charge is 0.394 e. The lowest BCUT2D eigenvalue weighted by Gasteiger charge is -2.31. The Labute approximate surface area is 142 Å². The normalized spacial score (nSPS) is 24.3. The number of hydrogen-bond acceptors (Lipinski definition) is 3. The summed E-state index contributed by atoms with van der Waals surface area (Å²) in [6, 6.07) is 4.13. The summed E-state index contributed by atoms with van der Waals surface area (Å²) in [5.74, 6) is -0.0885. The van der Waals surface area contributed by atoms with Crippen molar-refractivity contribution in [3.8, 4) is 0 Å². The number of urea groups is 1. The molecule has 132 valence electrons. The molecule has 2 aliphatic rings. The summed E-state index contributed by atoms with van der Waals surface area (Å²) in [6.45, 7) is 4.46. The first-order valence-electron chi connectivity index (χ1n) is 8.83. The van der Waals surface area contributed by atoms with Crippen molar-refractivity contribution >= 4 is 17.4 Å². The molecule has 2 amide bonds. The number of nitrogens with zero attached hydrogens (tertiary/aromatic N) is 2. The maximum absolute atomic E-state index is 13.7. The van der Waals surface area contributed by atoms with E-state index in [1.54, 1.807) is 11.0 Å². The standard InChI is InChI=1S/C18H26FN3O2/c1-13-7-10-22(17(13)12-23)18(24)20-15-11-14(19)5-6-16(15)21-8-3-2-4-9-21/h5-6,11,13,17,23H,2-4,7-10,12H2,1H3,(H,20,24)/t13-,17-/m0/s1. The SMILES string of the molecule is C[C@H]1CCN(C(=O)Nc2cc(F)ccc2N2CCCCC2)[C@H]1CO. The molecule has 2 atom stereocenters. The van der Waals surface area contributed by atoms with Crippen LogP contribution in [0.25, 0.3) is 0 Å². The van der Waals surface area contributed by atoms with Crippen molar-refractivity contribution in [3.63, 3.8) is 0 Å². The Balaban J connectivity index is 1.78. The highest BCUT2D eigenvalue weighted by Crippen LogP contribution is 2.31. The molecule has 24 heavy (non-hydrogen) atoms. The summed E-state index contributed by atoms with van der Waals surface area (Å²) in [6.07, 6.45) is 4.31. The first-order valence-corrected chi connectivity index (χ1v) is 8.83. The van der Waals surface area contributed by atoms with Crippen LogP contribution >= 0.6 is 0 Å². The molecule has 1 aromatic rings. The third-order valence-corrected chi connectivity index (χ3v) is 5.23. The van der Waals surface area contributed by atoms with Crippen LogP contribution in [-0.2, 0) is 0 Å². The monoisotopic (exact) mass is 335 g/mol. The molecule has 0 spiro atoms. The zero-order chi connectivity index (χ0) is 17.1. The average Bonchev–Trinajstić information content (AvgIpc) is 2.96. The molecular formula is C18H26FN3O2. The smallest absolute Gasteiger partial charge is 0.322 e. The second-order valence-corrected chi connectivity index (χ2v) is 6.85. The number of nitrogens with one attached hydrogen (secondary N) is 1. The van der Waals surface area contributed by atoms with Gasteiger partial charge in [-0.1, -0.05) is 6.92 Å². The summed E-state index contributed by atoms with van der Waals surface area (Å²) in [4.78, 5) is 16.5. The first kappa shape index (κ1) is 17.0. The van der Waals surface area contributed by atoms with Gasteiger partial charge in [-0.2, -0.15) is 0 Å². The van der Waals surface area contributed by atoms with E-state index in [1.807, 2.05) is 6.92 Å². The predicted octanol–water partition coefficient (Wildman–Crippen LogP) is 3.05. The molecule has 2 fully saturated rings. The van der Waals surface area contributed by atoms with Gasteiger partial charge in [-0.05, 0) is 49.8 Å². The minimum absolute atomic E-state index is 0.0449. The van der Waals surface area contributed by atoms with E-state index in [-0.39, 0.29) is 30.4 Å². The molecule has 5 nitrogen and oxygen atoms in total. The third-order valence-electron chi connectivity index (χ3n) is 5.23. The number of hydrogen-bond donors (Lipinski definition) is 2.